The summed E-state index contributed by atoms with van der Waals surface area (Å²) in [6.07, 6.45) is 3.26. The van der Waals surface area contributed by atoms with Crippen molar-refractivity contribution in [2.75, 3.05) is 5.32 Å². The number of nitrogens with one attached hydrogen (secondary N) is 2. The van der Waals surface area contributed by atoms with Crippen LogP contribution in [0.5, 0.6) is 0 Å². The largest absolute Gasteiger partial charge is 0.409 e. The van der Waals surface area contributed by atoms with Gasteiger partial charge in [0.05, 0.1) is 0 Å². The number of benzene rings is 1. The summed E-state index contributed by atoms with van der Waals surface area (Å²) in [6.45, 7) is 1.98. The zero-order valence-electron chi connectivity index (χ0n) is 11.5. The van der Waals surface area contributed by atoms with Gasteiger partial charge in [-0.25, -0.2) is 4.79 Å². The summed E-state index contributed by atoms with van der Waals surface area (Å²) in [5.74, 6) is 0.0639. The minimum absolute atomic E-state index is 0.0639. The molecule has 1 fully saturated rings. The van der Waals surface area contributed by atoms with Crippen LogP contribution in [0, 0.1) is 6.92 Å². The minimum atomic E-state index is -0.733. The van der Waals surface area contributed by atoms with Crippen molar-refractivity contribution in [2.24, 2.45) is 10.9 Å². The van der Waals surface area contributed by atoms with Crippen molar-refractivity contribution in [3.05, 3.63) is 29.8 Å². The molecule has 2 rings (SSSR count). The molecule has 0 atom stereocenters. The first-order valence-corrected chi connectivity index (χ1v) is 6.69. The SMILES string of the molecule is Cc1ccc(NC(=O)NC2(/C(N)=N/O)CCCC2)cc1. The molecule has 0 aromatic heterocycles. The zero-order valence-corrected chi connectivity index (χ0v) is 11.5. The van der Waals surface area contributed by atoms with Crippen LogP contribution < -0.4 is 16.4 Å². The molecule has 0 heterocycles. The normalized spacial score (nSPS) is 17.8. The van der Waals surface area contributed by atoms with Crippen LogP contribution in [-0.2, 0) is 0 Å². The van der Waals surface area contributed by atoms with Gasteiger partial charge in [0, 0.05) is 5.69 Å². The van der Waals surface area contributed by atoms with Gasteiger partial charge >= 0.3 is 6.03 Å². The molecule has 1 aliphatic rings. The van der Waals surface area contributed by atoms with Crippen molar-refractivity contribution in [1.82, 2.24) is 5.32 Å². The van der Waals surface area contributed by atoms with Crippen LogP contribution in [0.2, 0.25) is 0 Å². The number of anilines is 1. The van der Waals surface area contributed by atoms with Crippen LogP contribution in [0.25, 0.3) is 0 Å². The van der Waals surface area contributed by atoms with E-state index in [4.69, 9.17) is 10.9 Å². The maximum absolute atomic E-state index is 12.1. The van der Waals surface area contributed by atoms with Crippen LogP contribution >= 0.6 is 0 Å². The fourth-order valence-corrected chi connectivity index (χ4v) is 2.54. The molecule has 20 heavy (non-hydrogen) atoms. The molecule has 0 radical (unpaired) electrons. The van der Waals surface area contributed by atoms with E-state index in [1.165, 1.54) is 0 Å². The molecule has 0 bridgehead atoms. The van der Waals surface area contributed by atoms with Crippen LogP contribution in [0.15, 0.2) is 29.4 Å². The third kappa shape index (κ3) is 3.01. The van der Waals surface area contributed by atoms with Gasteiger partial charge in [-0.2, -0.15) is 0 Å². The van der Waals surface area contributed by atoms with Crippen molar-refractivity contribution in [3.63, 3.8) is 0 Å². The number of amidine groups is 1. The summed E-state index contributed by atoms with van der Waals surface area (Å²) in [5, 5.41) is 17.5. The summed E-state index contributed by atoms with van der Waals surface area (Å²) in [7, 11) is 0. The number of hydrogen-bond acceptors (Lipinski definition) is 3. The Morgan fingerprint density at radius 1 is 1.30 bits per heavy atom. The molecule has 5 N–H and O–H groups in total. The van der Waals surface area contributed by atoms with Crippen LogP contribution in [0.3, 0.4) is 0 Å². The molecule has 0 spiro atoms. The number of aryl methyl sites for hydroxylation is 1. The van der Waals surface area contributed by atoms with Crippen LogP contribution in [0.4, 0.5) is 10.5 Å². The third-order valence-electron chi connectivity index (χ3n) is 3.72. The lowest BCUT2D eigenvalue weighted by Gasteiger charge is -2.28. The molecular formula is C14H20N4O2. The molecule has 0 unspecified atom stereocenters. The maximum atomic E-state index is 12.1. The van der Waals surface area contributed by atoms with Gasteiger partial charge in [0.1, 0.15) is 5.54 Å². The van der Waals surface area contributed by atoms with Gasteiger partial charge in [-0.1, -0.05) is 35.7 Å². The topological polar surface area (TPSA) is 99.7 Å². The van der Waals surface area contributed by atoms with Gasteiger partial charge < -0.3 is 21.6 Å². The first-order chi connectivity index (χ1) is 9.55. The second-order valence-corrected chi connectivity index (χ2v) is 5.22. The lowest BCUT2D eigenvalue weighted by molar-refractivity contribution is 0.243. The van der Waals surface area contributed by atoms with Crippen molar-refractivity contribution in [1.29, 1.82) is 0 Å². The second-order valence-electron chi connectivity index (χ2n) is 5.22. The predicted molar refractivity (Wildman–Crippen MR) is 77.9 cm³/mol. The van der Waals surface area contributed by atoms with Crippen molar-refractivity contribution in [3.8, 4) is 0 Å². The number of hydrogen-bond donors (Lipinski definition) is 4. The average Bonchev–Trinajstić information content (AvgIpc) is 2.90. The number of urea groups is 1. The number of nitrogens with zero attached hydrogens (tertiary/aromatic N) is 1. The highest BCUT2D eigenvalue weighted by Crippen LogP contribution is 2.30. The van der Waals surface area contributed by atoms with E-state index in [9.17, 15) is 4.79 Å². The fraction of sp³-hybridized carbons (Fsp3) is 0.429. The summed E-state index contributed by atoms with van der Waals surface area (Å²) in [5.41, 5.74) is 6.83. The number of carbonyl (C=O) groups excluding carboxylic acids is 1. The van der Waals surface area contributed by atoms with Crippen molar-refractivity contribution in [2.45, 2.75) is 38.1 Å². The number of oxime groups is 1. The zero-order chi connectivity index (χ0) is 14.6. The Morgan fingerprint density at radius 3 is 2.45 bits per heavy atom. The minimum Gasteiger partial charge on any atom is -0.409 e. The lowest BCUT2D eigenvalue weighted by Crippen LogP contribution is -2.56. The lowest BCUT2D eigenvalue weighted by atomic mass is 9.96. The van der Waals surface area contributed by atoms with E-state index < -0.39 is 5.54 Å². The molecule has 108 valence electrons. The van der Waals surface area contributed by atoms with Gasteiger partial charge in [0.2, 0.25) is 0 Å². The molecule has 1 saturated carbocycles. The van der Waals surface area contributed by atoms with Crippen LogP contribution in [0.1, 0.15) is 31.2 Å². The monoisotopic (exact) mass is 276 g/mol. The standard InChI is InChI=1S/C14H20N4O2/c1-10-4-6-11(7-5-10)16-13(19)17-14(12(15)18-20)8-2-3-9-14/h4-7,20H,2-3,8-9H2,1H3,(H2,15,18)(H2,16,17,19). The first kappa shape index (κ1) is 14.2. The maximum Gasteiger partial charge on any atom is 0.320 e. The summed E-state index contributed by atoms with van der Waals surface area (Å²) in [4.78, 5) is 12.1. The highest BCUT2D eigenvalue weighted by molar-refractivity contribution is 5.97. The average molecular weight is 276 g/mol. The summed E-state index contributed by atoms with van der Waals surface area (Å²) < 4.78 is 0. The fourth-order valence-electron chi connectivity index (χ4n) is 2.54. The number of nitrogens with two attached hydrogens (primary N) is 1. The predicted octanol–water partition coefficient (Wildman–Crippen LogP) is 2.18. The number of amides is 2. The summed E-state index contributed by atoms with van der Waals surface area (Å²) >= 11 is 0. The van der Waals surface area contributed by atoms with E-state index in [-0.39, 0.29) is 11.9 Å². The third-order valence-corrected chi connectivity index (χ3v) is 3.72. The van der Waals surface area contributed by atoms with E-state index in [1.807, 2.05) is 31.2 Å². The van der Waals surface area contributed by atoms with E-state index in [0.717, 1.165) is 18.4 Å². The Bertz CT molecular complexity index is 504. The van der Waals surface area contributed by atoms with Gasteiger partial charge in [-0.3, -0.25) is 0 Å². The second kappa shape index (κ2) is 5.81. The van der Waals surface area contributed by atoms with E-state index >= 15 is 0 Å². The quantitative estimate of drug-likeness (QED) is 0.294. The highest BCUT2D eigenvalue weighted by Gasteiger charge is 2.39. The molecule has 1 aliphatic carbocycles. The number of carbonyl (C=O) groups is 1. The number of rotatable bonds is 3. The Labute approximate surface area is 118 Å². The smallest absolute Gasteiger partial charge is 0.320 e. The molecule has 6 nitrogen and oxygen atoms in total. The van der Waals surface area contributed by atoms with Crippen molar-refractivity contribution >= 4 is 17.6 Å². The van der Waals surface area contributed by atoms with Gasteiger partial charge in [-0.15, -0.1) is 0 Å². The first-order valence-electron chi connectivity index (χ1n) is 6.69. The van der Waals surface area contributed by atoms with Gasteiger partial charge in [0.25, 0.3) is 0 Å². The van der Waals surface area contributed by atoms with Gasteiger partial charge in [0.15, 0.2) is 5.84 Å². The van der Waals surface area contributed by atoms with E-state index in [2.05, 4.69) is 15.8 Å². The van der Waals surface area contributed by atoms with E-state index in [0.29, 0.717) is 18.5 Å². The Balaban J connectivity index is 2.04. The highest BCUT2D eigenvalue weighted by atomic mass is 16.4. The molecule has 0 saturated heterocycles. The van der Waals surface area contributed by atoms with E-state index in [1.54, 1.807) is 0 Å². The molecule has 1 aromatic rings. The molecule has 1 aromatic carbocycles. The Hall–Kier alpha value is -2.24. The molecule has 6 heteroatoms. The molecular weight excluding hydrogens is 256 g/mol. The van der Waals surface area contributed by atoms with Crippen LogP contribution in [-0.4, -0.2) is 22.6 Å². The Kier molecular flexibility index (Phi) is 4.12. The molecule has 0 aliphatic heterocycles. The summed E-state index contributed by atoms with van der Waals surface area (Å²) in [6, 6.07) is 7.16. The van der Waals surface area contributed by atoms with Gasteiger partial charge in [-0.05, 0) is 31.9 Å². The van der Waals surface area contributed by atoms with Crippen molar-refractivity contribution < 1.29 is 10.0 Å². The molecule has 2 amide bonds. The Morgan fingerprint density at radius 2 is 1.90 bits per heavy atom.